The maximum Gasteiger partial charge on any atom is 0.348 e. The maximum absolute atomic E-state index is 11.7. The van der Waals surface area contributed by atoms with Crippen LogP contribution >= 0.6 is 22.9 Å². The number of carbonyl (C=O) groups is 2. The van der Waals surface area contributed by atoms with Gasteiger partial charge in [0.1, 0.15) is 10.6 Å². The van der Waals surface area contributed by atoms with E-state index in [-0.39, 0.29) is 17.2 Å². The van der Waals surface area contributed by atoms with Gasteiger partial charge in [-0.3, -0.25) is 4.79 Å². The molecule has 7 heteroatoms. The second-order valence-electron chi connectivity index (χ2n) is 3.76. The zero-order chi connectivity index (χ0) is 14.5. The topological polar surface area (TPSA) is 75.6 Å². The second kappa shape index (κ2) is 6.40. The molecule has 2 rings (SSSR count). The molecule has 104 valence electrons. The fourth-order valence-corrected chi connectivity index (χ4v) is 2.25. The van der Waals surface area contributed by atoms with E-state index in [1.807, 2.05) is 0 Å². The van der Waals surface area contributed by atoms with E-state index < -0.39 is 11.9 Å². The molecular weight excluding hydrogens is 302 g/mol. The summed E-state index contributed by atoms with van der Waals surface area (Å²) in [5.41, 5.74) is 0.271. The van der Waals surface area contributed by atoms with Crippen LogP contribution in [0.5, 0.6) is 5.75 Å². The third kappa shape index (κ3) is 3.72. The first-order valence-corrected chi connectivity index (χ1v) is 6.81. The van der Waals surface area contributed by atoms with E-state index in [2.05, 4.69) is 5.32 Å². The molecule has 0 fully saturated rings. The van der Waals surface area contributed by atoms with E-state index in [0.29, 0.717) is 10.8 Å². The van der Waals surface area contributed by atoms with Gasteiger partial charge in [0.05, 0.1) is 5.69 Å². The van der Waals surface area contributed by atoms with Crippen LogP contribution in [0.15, 0.2) is 35.7 Å². The van der Waals surface area contributed by atoms with Gasteiger partial charge in [-0.15, -0.1) is 11.3 Å². The van der Waals surface area contributed by atoms with Crippen molar-refractivity contribution in [3.05, 3.63) is 45.6 Å². The van der Waals surface area contributed by atoms with Crippen LogP contribution in [0.25, 0.3) is 0 Å². The van der Waals surface area contributed by atoms with Crippen LogP contribution < -0.4 is 10.1 Å². The molecule has 0 aliphatic carbocycles. The molecule has 5 nitrogen and oxygen atoms in total. The molecule has 0 radical (unpaired) electrons. The van der Waals surface area contributed by atoms with Crippen molar-refractivity contribution in [2.24, 2.45) is 0 Å². The summed E-state index contributed by atoms with van der Waals surface area (Å²) < 4.78 is 5.26. The van der Waals surface area contributed by atoms with Crippen LogP contribution in [-0.4, -0.2) is 23.6 Å². The van der Waals surface area contributed by atoms with Gasteiger partial charge >= 0.3 is 5.97 Å². The molecule has 1 aromatic carbocycles. The number of carbonyl (C=O) groups excluding carboxylic acids is 1. The van der Waals surface area contributed by atoms with Crippen molar-refractivity contribution in [2.75, 3.05) is 11.9 Å². The van der Waals surface area contributed by atoms with Gasteiger partial charge < -0.3 is 15.2 Å². The Hall–Kier alpha value is -2.05. The van der Waals surface area contributed by atoms with E-state index >= 15 is 0 Å². The van der Waals surface area contributed by atoms with E-state index in [1.165, 1.54) is 6.07 Å². The molecule has 0 saturated heterocycles. The number of benzene rings is 1. The first-order chi connectivity index (χ1) is 9.56. The number of ether oxygens (including phenoxy) is 1. The predicted molar refractivity (Wildman–Crippen MR) is 76.9 cm³/mol. The van der Waals surface area contributed by atoms with Crippen LogP contribution in [0.1, 0.15) is 9.67 Å². The molecule has 1 aromatic heterocycles. The first-order valence-electron chi connectivity index (χ1n) is 5.55. The van der Waals surface area contributed by atoms with Gasteiger partial charge in [0.2, 0.25) is 0 Å². The number of hydrogen-bond acceptors (Lipinski definition) is 4. The monoisotopic (exact) mass is 311 g/mol. The number of carboxylic acids is 1. The minimum absolute atomic E-state index is 0.0878. The van der Waals surface area contributed by atoms with Crippen LogP contribution in [0.3, 0.4) is 0 Å². The number of anilines is 1. The molecule has 1 amide bonds. The quantitative estimate of drug-likeness (QED) is 0.889. The molecule has 0 aliphatic heterocycles. The van der Waals surface area contributed by atoms with E-state index in [1.54, 1.807) is 29.6 Å². The summed E-state index contributed by atoms with van der Waals surface area (Å²) in [4.78, 5) is 22.7. The minimum atomic E-state index is -1.08. The standard InChI is InChI=1S/C13H10ClNO4S/c14-8-1-3-9(4-2-8)19-7-11(16)15-10-5-6-20-12(10)13(17)18/h1-6H,7H2,(H,15,16)(H,17,18). The Labute approximate surface area is 123 Å². The lowest BCUT2D eigenvalue weighted by Crippen LogP contribution is -2.20. The number of carboxylic acid groups (broad SMARTS) is 1. The Morgan fingerprint density at radius 2 is 1.95 bits per heavy atom. The number of thiophene rings is 1. The summed E-state index contributed by atoms with van der Waals surface area (Å²) in [6.45, 7) is -0.212. The lowest BCUT2D eigenvalue weighted by molar-refractivity contribution is -0.118. The summed E-state index contributed by atoms with van der Waals surface area (Å²) in [6, 6.07) is 8.12. The second-order valence-corrected chi connectivity index (χ2v) is 5.11. The summed E-state index contributed by atoms with van der Waals surface area (Å²) in [5.74, 6) is -0.997. The largest absolute Gasteiger partial charge is 0.484 e. The summed E-state index contributed by atoms with van der Waals surface area (Å²) in [7, 11) is 0. The van der Waals surface area contributed by atoms with Gasteiger partial charge in [-0.25, -0.2) is 4.79 Å². The van der Waals surface area contributed by atoms with Gasteiger partial charge in [-0.2, -0.15) is 0 Å². The highest BCUT2D eigenvalue weighted by Gasteiger charge is 2.14. The highest BCUT2D eigenvalue weighted by molar-refractivity contribution is 7.12. The van der Waals surface area contributed by atoms with Gasteiger partial charge in [0.15, 0.2) is 6.61 Å². The van der Waals surface area contributed by atoms with E-state index in [9.17, 15) is 9.59 Å². The van der Waals surface area contributed by atoms with Crippen molar-refractivity contribution in [2.45, 2.75) is 0 Å². The molecule has 2 aromatic rings. The van der Waals surface area contributed by atoms with Crippen molar-refractivity contribution in [1.82, 2.24) is 0 Å². The zero-order valence-electron chi connectivity index (χ0n) is 10.1. The molecule has 0 spiro atoms. The van der Waals surface area contributed by atoms with E-state index in [4.69, 9.17) is 21.4 Å². The maximum atomic E-state index is 11.7. The molecule has 20 heavy (non-hydrogen) atoms. The van der Waals surface area contributed by atoms with Crippen molar-refractivity contribution in [3.8, 4) is 5.75 Å². The SMILES string of the molecule is O=C(COc1ccc(Cl)cc1)Nc1ccsc1C(=O)O. The lowest BCUT2D eigenvalue weighted by Gasteiger charge is -2.07. The third-order valence-corrected chi connectivity index (χ3v) is 3.47. The smallest absolute Gasteiger partial charge is 0.348 e. The number of hydrogen-bond donors (Lipinski definition) is 2. The number of rotatable bonds is 5. The van der Waals surface area contributed by atoms with Crippen molar-refractivity contribution < 1.29 is 19.4 Å². The summed E-state index contributed by atoms with van der Waals surface area (Å²) in [6.07, 6.45) is 0. The van der Waals surface area contributed by atoms with E-state index in [0.717, 1.165) is 11.3 Å². The summed E-state index contributed by atoms with van der Waals surface area (Å²) >= 11 is 6.77. The first kappa shape index (κ1) is 14.4. The Kier molecular flexibility index (Phi) is 4.60. The Bertz CT molecular complexity index is 624. The normalized spacial score (nSPS) is 10.1. The van der Waals surface area contributed by atoms with Gasteiger partial charge in [0.25, 0.3) is 5.91 Å². The van der Waals surface area contributed by atoms with Crippen molar-refractivity contribution in [3.63, 3.8) is 0 Å². The molecule has 0 atom stereocenters. The predicted octanol–water partition coefficient (Wildman–Crippen LogP) is 3.12. The molecular formula is C13H10ClNO4S. The Balaban J connectivity index is 1.91. The Morgan fingerprint density at radius 3 is 2.60 bits per heavy atom. The average molecular weight is 312 g/mol. The van der Waals surface area contributed by atoms with Crippen LogP contribution in [0.2, 0.25) is 5.02 Å². The fourth-order valence-electron chi connectivity index (χ4n) is 1.44. The molecule has 0 unspecified atom stereocenters. The fraction of sp³-hybridized carbons (Fsp3) is 0.0769. The molecule has 0 saturated carbocycles. The van der Waals surface area contributed by atoms with Gasteiger partial charge in [-0.05, 0) is 35.7 Å². The van der Waals surface area contributed by atoms with Gasteiger partial charge in [0, 0.05) is 5.02 Å². The van der Waals surface area contributed by atoms with Crippen LogP contribution in [0.4, 0.5) is 5.69 Å². The molecule has 1 heterocycles. The van der Waals surface area contributed by atoms with Crippen LogP contribution in [-0.2, 0) is 4.79 Å². The number of amides is 1. The number of nitrogens with one attached hydrogen (secondary N) is 1. The van der Waals surface area contributed by atoms with Gasteiger partial charge in [-0.1, -0.05) is 11.6 Å². The van der Waals surface area contributed by atoms with Crippen molar-refractivity contribution in [1.29, 1.82) is 0 Å². The van der Waals surface area contributed by atoms with Crippen LogP contribution in [0, 0.1) is 0 Å². The number of aromatic carboxylic acids is 1. The minimum Gasteiger partial charge on any atom is -0.484 e. The number of halogens is 1. The zero-order valence-corrected chi connectivity index (χ0v) is 11.7. The molecule has 2 N–H and O–H groups in total. The Morgan fingerprint density at radius 1 is 1.25 bits per heavy atom. The van der Waals surface area contributed by atoms with Crippen molar-refractivity contribution >= 4 is 40.5 Å². The lowest BCUT2D eigenvalue weighted by atomic mass is 10.3. The molecule has 0 aliphatic rings. The molecule has 0 bridgehead atoms. The average Bonchev–Trinajstić information content (AvgIpc) is 2.86. The highest BCUT2D eigenvalue weighted by atomic mass is 35.5. The third-order valence-electron chi connectivity index (χ3n) is 2.32. The summed E-state index contributed by atoms with van der Waals surface area (Å²) in [5, 5.41) is 13.6. The highest BCUT2D eigenvalue weighted by Crippen LogP contribution is 2.22.